The van der Waals surface area contributed by atoms with E-state index in [0.29, 0.717) is 30.7 Å². The molecule has 3 aromatic rings. The Morgan fingerprint density at radius 3 is 2.44 bits per heavy atom. The molecule has 2 amide bonds. The van der Waals surface area contributed by atoms with Gasteiger partial charge in [0, 0.05) is 52.2 Å². The van der Waals surface area contributed by atoms with Gasteiger partial charge in [0.15, 0.2) is 5.82 Å². The summed E-state index contributed by atoms with van der Waals surface area (Å²) in [6.07, 6.45) is 4.13. The molecule has 1 N–H and O–H groups in total. The first-order valence-electron chi connectivity index (χ1n) is 12.2. The van der Waals surface area contributed by atoms with Gasteiger partial charge in [-0.1, -0.05) is 48.0 Å². The van der Waals surface area contributed by atoms with Crippen LogP contribution >= 0.6 is 11.6 Å². The fraction of sp³-hybridized carbons (Fsp3) is 0.370. The first-order valence-corrected chi connectivity index (χ1v) is 12.6. The predicted octanol–water partition coefficient (Wildman–Crippen LogP) is 3.78. The van der Waals surface area contributed by atoms with Gasteiger partial charge in [0.05, 0.1) is 16.6 Å². The number of benzene rings is 2. The van der Waals surface area contributed by atoms with Gasteiger partial charge in [-0.2, -0.15) is 0 Å². The maximum Gasteiger partial charge on any atom is 0.287 e. The van der Waals surface area contributed by atoms with Crippen LogP contribution in [0.3, 0.4) is 0 Å². The Morgan fingerprint density at radius 2 is 1.81 bits per heavy atom. The molecule has 36 heavy (non-hydrogen) atoms. The van der Waals surface area contributed by atoms with Crippen LogP contribution in [0.25, 0.3) is 0 Å². The minimum atomic E-state index is -0.578. The monoisotopic (exact) mass is 509 g/mol. The minimum Gasteiger partial charge on any atom is -0.343 e. The number of halogens is 2. The zero-order valence-corrected chi connectivity index (χ0v) is 20.9. The summed E-state index contributed by atoms with van der Waals surface area (Å²) in [5, 5.41) is 3.30. The van der Waals surface area contributed by atoms with Crippen LogP contribution in [0, 0.1) is 17.7 Å². The highest BCUT2D eigenvalue weighted by Gasteiger charge is 2.42. The smallest absolute Gasteiger partial charge is 0.287 e. The molecule has 0 bridgehead atoms. The minimum absolute atomic E-state index is 0.0369. The second kappa shape index (κ2) is 10.4. The van der Waals surface area contributed by atoms with E-state index in [1.807, 2.05) is 30.3 Å². The SMILES string of the molecule is Cn1ccnc1C(=O)N[C@@H](CCN1CC2CN(C(=O)c3c(F)cccc3Cl)CC2C1)c1ccccc1. The van der Waals surface area contributed by atoms with Crippen molar-refractivity contribution in [3.63, 3.8) is 0 Å². The van der Waals surface area contributed by atoms with Crippen molar-refractivity contribution in [1.82, 2.24) is 24.7 Å². The summed E-state index contributed by atoms with van der Waals surface area (Å²) in [7, 11) is 1.80. The molecule has 5 rings (SSSR count). The molecule has 0 radical (unpaired) electrons. The van der Waals surface area contributed by atoms with Crippen LogP contribution in [-0.2, 0) is 7.05 Å². The number of likely N-dealkylation sites (tertiary alicyclic amines) is 2. The third-order valence-corrected chi connectivity index (χ3v) is 7.61. The first-order chi connectivity index (χ1) is 17.4. The van der Waals surface area contributed by atoms with Crippen LogP contribution in [0.15, 0.2) is 60.9 Å². The fourth-order valence-corrected chi connectivity index (χ4v) is 5.67. The number of nitrogens with one attached hydrogen (secondary N) is 1. The summed E-state index contributed by atoms with van der Waals surface area (Å²) in [6.45, 7) is 3.76. The summed E-state index contributed by atoms with van der Waals surface area (Å²) >= 11 is 6.11. The van der Waals surface area contributed by atoms with Crippen molar-refractivity contribution < 1.29 is 14.0 Å². The standard InChI is InChI=1S/C27H29ClFN5O2/c1-32-13-11-30-25(32)26(35)31-23(18-6-3-2-4-7-18)10-12-33-14-19-16-34(17-20(19)15-33)27(36)24-21(28)8-5-9-22(24)29/h2-9,11,13,19-20,23H,10,12,14-17H2,1H3,(H,31,35)/t19?,20?,23-/m0/s1. The molecule has 0 spiro atoms. The lowest BCUT2D eigenvalue weighted by Gasteiger charge is -2.25. The van der Waals surface area contributed by atoms with Crippen LogP contribution in [-0.4, -0.2) is 63.9 Å². The number of aromatic nitrogens is 2. The molecular weight excluding hydrogens is 481 g/mol. The number of hydrogen-bond acceptors (Lipinski definition) is 4. The number of imidazole rings is 1. The summed E-state index contributed by atoms with van der Waals surface area (Å²) < 4.78 is 16.0. The number of aryl methyl sites for hydroxylation is 1. The van der Waals surface area contributed by atoms with E-state index in [-0.39, 0.29) is 28.4 Å². The van der Waals surface area contributed by atoms with Crippen molar-refractivity contribution in [2.45, 2.75) is 12.5 Å². The number of carbonyl (C=O) groups excluding carboxylic acids is 2. The van der Waals surface area contributed by atoms with E-state index in [4.69, 9.17) is 11.6 Å². The summed E-state index contributed by atoms with van der Waals surface area (Å²) in [6, 6.07) is 14.2. The molecule has 2 fully saturated rings. The lowest BCUT2D eigenvalue weighted by molar-refractivity contribution is 0.0769. The van der Waals surface area contributed by atoms with E-state index >= 15 is 0 Å². The average Bonchev–Trinajstić information content (AvgIpc) is 3.57. The topological polar surface area (TPSA) is 70.5 Å². The molecule has 2 unspecified atom stereocenters. The zero-order valence-electron chi connectivity index (χ0n) is 20.1. The number of hydrogen-bond donors (Lipinski definition) is 1. The third-order valence-electron chi connectivity index (χ3n) is 7.29. The number of rotatable bonds is 7. The van der Waals surface area contributed by atoms with Crippen molar-refractivity contribution in [2.24, 2.45) is 18.9 Å². The lowest BCUT2D eigenvalue weighted by Crippen LogP contribution is -2.36. The Bertz CT molecular complexity index is 1220. The van der Waals surface area contributed by atoms with E-state index in [9.17, 15) is 14.0 Å². The van der Waals surface area contributed by atoms with Gasteiger partial charge in [0.25, 0.3) is 11.8 Å². The van der Waals surface area contributed by atoms with Crippen LogP contribution in [0.5, 0.6) is 0 Å². The Balaban J connectivity index is 1.19. The number of nitrogens with zero attached hydrogens (tertiary/aromatic N) is 4. The maximum absolute atomic E-state index is 14.2. The molecular formula is C27H29ClFN5O2. The van der Waals surface area contributed by atoms with E-state index in [0.717, 1.165) is 31.6 Å². The van der Waals surface area contributed by atoms with Gasteiger partial charge in [-0.3, -0.25) is 9.59 Å². The van der Waals surface area contributed by atoms with Crippen molar-refractivity contribution in [1.29, 1.82) is 0 Å². The fourth-order valence-electron chi connectivity index (χ4n) is 5.43. The highest BCUT2D eigenvalue weighted by atomic mass is 35.5. The maximum atomic E-state index is 14.2. The van der Waals surface area contributed by atoms with Gasteiger partial charge < -0.3 is 19.7 Å². The summed E-state index contributed by atoms with van der Waals surface area (Å²) in [5.74, 6) is -0.0402. The van der Waals surface area contributed by atoms with Crippen molar-refractivity contribution in [3.8, 4) is 0 Å². The van der Waals surface area contributed by atoms with Gasteiger partial charge in [-0.25, -0.2) is 9.37 Å². The predicted molar refractivity (Wildman–Crippen MR) is 135 cm³/mol. The summed E-state index contributed by atoms with van der Waals surface area (Å²) in [4.78, 5) is 34.1. The van der Waals surface area contributed by atoms with Gasteiger partial charge >= 0.3 is 0 Å². The average molecular weight is 510 g/mol. The first kappa shape index (κ1) is 24.5. The highest BCUT2D eigenvalue weighted by Crippen LogP contribution is 2.33. The molecule has 188 valence electrons. The molecule has 3 heterocycles. The van der Waals surface area contributed by atoms with E-state index < -0.39 is 5.82 Å². The van der Waals surface area contributed by atoms with Gasteiger partial charge in [0.2, 0.25) is 0 Å². The van der Waals surface area contributed by atoms with E-state index in [1.54, 1.807) is 35.0 Å². The van der Waals surface area contributed by atoms with Crippen LogP contribution < -0.4 is 5.32 Å². The molecule has 2 aliphatic rings. The molecule has 9 heteroatoms. The Kier molecular flexibility index (Phi) is 7.07. The Morgan fingerprint density at radius 1 is 1.08 bits per heavy atom. The van der Waals surface area contributed by atoms with Crippen LogP contribution in [0.1, 0.15) is 39.0 Å². The normalized spacial score (nSPS) is 20.4. The molecule has 7 nitrogen and oxygen atoms in total. The quantitative estimate of drug-likeness (QED) is 0.526. The molecule has 3 atom stereocenters. The van der Waals surface area contributed by atoms with E-state index in [1.165, 1.54) is 12.1 Å². The van der Waals surface area contributed by atoms with Crippen molar-refractivity contribution in [3.05, 3.63) is 88.7 Å². The van der Waals surface area contributed by atoms with Crippen molar-refractivity contribution in [2.75, 3.05) is 32.7 Å². The van der Waals surface area contributed by atoms with Gasteiger partial charge in [0.1, 0.15) is 5.82 Å². The molecule has 2 aromatic carbocycles. The molecule has 2 aliphatic heterocycles. The van der Waals surface area contributed by atoms with Crippen molar-refractivity contribution >= 4 is 23.4 Å². The largest absolute Gasteiger partial charge is 0.343 e. The second-order valence-corrected chi connectivity index (χ2v) is 10.1. The van der Waals surface area contributed by atoms with Gasteiger partial charge in [-0.05, 0) is 36.0 Å². The number of carbonyl (C=O) groups is 2. The molecule has 0 aliphatic carbocycles. The number of amides is 2. The number of fused-ring (bicyclic) bond motifs is 1. The van der Waals surface area contributed by atoms with E-state index in [2.05, 4.69) is 15.2 Å². The lowest BCUT2D eigenvalue weighted by atomic mass is 10.0. The molecule has 0 saturated carbocycles. The highest BCUT2D eigenvalue weighted by molar-refractivity contribution is 6.33. The zero-order chi connectivity index (χ0) is 25.2. The summed E-state index contributed by atoms with van der Waals surface area (Å²) in [5.41, 5.74) is 1.02. The second-order valence-electron chi connectivity index (χ2n) is 9.67. The Hall–Kier alpha value is -3.23. The molecule has 1 aromatic heterocycles. The Labute approximate surface area is 214 Å². The third kappa shape index (κ3) is 5.01. The van der Waals surface area contributed by atoms with Crippen LogP contribution in [0.2, 0.25) is 5.02 Å². The van der Waals surface area contributed by atoms with Crippen LogP contribution in [0.4, 0.5) is 4.39 Å². The molecule has 2 saturated heterocycles. The van der Waals surface area contributed by atoms with Gasteiger partial charge in [-0.15, -0.1) is 0 Å².